The van der Waals surface area contributed by atoms with Crippen LogP contribution in [0.25, 0.3) is 0 Å². The van der Waals surface area contributed by atoms with Gasteiger partial charge in [-0.15, -0.1) is 0 Å². The van der Waals surface area contributed by atoms with Gasteiger partial charge in [-0.2, -0.15) is 5.10 Å². The number of carbonyl (C=O) groups is 1. The van der Waals surface area contributed by atoms with Crippen molar-refractivity contribution in [3.63, 3.8) is 0 Å². The molecule has 0 saturated heterocycles. The molecule has 22 heavy (non-hydrogen) atoms. The van der Waals surface area contributed by atoms with Crippen molar-refractivity contribution < 1.29 is 4.79 Å². The SMILES string of the molecule is CC[C@H](C)N(Cc1cccnc1)C(=O)c1cc(C)nn1CC. The van der Waals surface area contributed by atoms with E-state index in [4.69, 9.17) is 0 Å². The highest BCUT2D eigenvalue weighted by atomic mass is 16.2. The Morgan fingerprint density at radius 3 is 2.77 bits per heavy atom. The zero-order valence-corrected chi connectivity index (χ0v) is 13.8. The van der Waals surface area contributed by atoms with Crippen LogP contribution in [0, 0.1) is 6.92 Å². The Labute approximate surface area is 132 Å². The molecule has 5 heteroatoms. The first kappa shape index (κ1) is 16.2. The van der Waals surface area contributed by atoms with Crippen LogP contribution in [0.3, 0.4) is 0 Å². The van der Waals surface area contributed by atoms with E-state index in [1.165, 1.54) is 0 Å². The zero-order chi connectivity index (χ0) is 16.1. The highest BCUT2D eigenvalue weighted by molar-refractivity contribution is 5.93. The van der Waals surface area contributed by atoms with Gasteiger partial charge in [0.15, 0.2) is 0 Å². The number of hydrogen-bond acceptors (Lipinski definition) is 3. The Morgan fingerprint density at radius 2 is 2.18 bits per heavy atom. The van der Waals surface area contributed by atoms with Gasteiger partial charge in [-0.3, -0.25) is 14.5 Å². The second-order valence-electron chi connectivity index (χ2n) is 5.54. The Hall–Kier alpha value is -2.17. The molecule has 0 aliphatic carbocycles. The summed E-state index contributed by atoms with van der Waals surface area (Å²) in [4.78, 5) is 19.0. The second-order valence-corrected chi connectivity index (χ2v) is 5.54. The van der Waals surface area contributed by atoms with Crippen LogP contribution < -0.4 is 0 Å². The highest BCUT2D eigenvalue weighted by Gasteiger charge is 2.24. The summed E-state index contributed by atoms with van der Waals surface area (Å²) in [5, 5.41) is 4.38. The van der Waals surface area contributed by atoms with E-state index in [1.807, 2.05) is 43.1 Å². The van der Waals surface area contributed by atoms with Gasteiger partial charge >= 0.3 is 0 Å². The summed E-state index contributed by atoms with van der Waals surface area (Å²) in [7, 11) is 0. The van der Waals surface area contributed by atoms with E-state index in [1.54, 1.807) is 10.9 Å². The molecule has 2 aromatic rings. The van der Waals surface area contributed by atoms with Crippen LogP contribution in [-0.2, 0) is 13.1 Å². The molecule has 1 amide bonds. The minimum Gasteiger partial charge on any atom is -0.330 e. The maximum absolute atomic E-state index is 13.0. The number of amides is 1. The van der Waals surface area contributed by atoms with Crippen molar-refractivity contribution in [2.24, 2.45) is 0 Å². The lowest BCUT2D eigenvalue weighted by atomic mass is 10.1. The van der Waals surface area contributed by atoms with Crippen LogP contribution in [0.1, 0.15) is 48.9 Å². The molecule has 0 fully saturated rings. The topological polar surface area (TPSA) is 51.0 Å². The fraction of sp³-hybridized carbons (Fsp3) is 0.471. The Bertz CT molecular complexity index is 621. The highest BCUT2D eigenvalue weighted by Crippen LogP contribution is 2.16. The van der Waals surface area contributed by atoms with Crippen molar-refractivity contribution in [1.29, 1.82) is 0 Å². The average molecular weight is 300 g/mol. The number of pyridine rings is 1. The molecule has 0 radical (unpaired) electrons. The summed E-state index contributed by atoms with van der Waals surface area (Å²) < 4.78 is 1.77. The Kier molecular flexibility index (Phi) is 5.31. The fourth-order valence-corrected chi connectivity index (χ4v) is 2.44. The van der Waals surface area contributed by atoms with Gasteiger partial charge in [-0.1, -0.05) is 13.0 Å². The van der Waals surface area contributed by atoms with Gasteiger partial charge in [-0.25, -0.2) is 0 Å². The third-order valence-electron chi connectivity index (χ3n) is 3.88. The van der Waals surface area contributed by atoms with Crippen molar-refractivity contribution in [2.45, 2.75) is 53.2 Å². The number of carbonyl (C=O) groups excluding carboxylic acids is 1. The molecule has 2 heterocycles. The third kappa shape index (κ3) is 3.53. The van der Waals surface area contributed by atoms with Crippen LogP contribution in [0.2, 0.25) is 0 Å². The lowest BCUT2D eigenvalue weighted by molar-refractivity contribution is 0.0658. The van der Waals surface area contributed by atoms with E-state index in [-0.39, 0.29) is 11.9 Å². The predicted molar refractivity (Wildman–Crippen MR) is 86.5 cm³/mol. The van der Waals surface area contributed by atoms with Crippen molar-refractivity contribution in [1.82, 2.24) is 19.7 Å². The van der Waals surface area contributed by atoms with Crippen LogP contribution in [0.15, 0.2) is 30.6 Å². The molecule has 5 nitrogen and oxygen atoms in total. The molecule has 0 unspecified atom stereocenters. The van der Waals surface area contributed by atoms with Gasteiger partial charge < -0.3 is 4.90 Å². The number of aromatic nitrogens is 3. The fourth-order valence-electron chi connectivity index (χ4n) is 2.44. The summed E-state index contributed by atoms with van der Waals surface area (Å²) in [5.74, 6) is 0.0284. The molecule has 2 rings (SSSR count). The quantitative estimate of drug-likeness (QED) is 0.824. The first-order valence-corrected chi connectivity index (χ1v) is 7.81. The van der Waals surface area contributed by atoms with E-state index in [0.29, 0.717) is 18.8 Å². The molecule has 1 atom stereocenters. The zero-order valence-electron chi connectivity index (χ0n) is 13.8. The number of rotatable bonds is 6. The third-order valence-corrected chi connectivity index (χ3v) is 3.88. The molecule has 0 bridgehead atoms. The van der Waals surface area contributed by atoms with E-state index >= 15 is 0 Å². The predicted octanol–water partition coefficient (Wildman–Crippen LogP) is 3.05. The maximum Gasteiger partial charge on any atom is 0.272 e. The van der Waals surface area contributed by atoms with Gasteiger partial charge in [0.05, 0.1) is 5.69 Å². The largest absolute Gasteiger partial charge is 0.330 e. The number of aryl methyl sites for hydroxylation is 2. The van der Waals surface area contributed by atoms with E-state index < -0.39 is 0 Å². The molecule has 118 valence electrons. The Morgan fingerprint density at radius 1 is 1.41 bits per heavy atom. The molecule has 0 N–H and O–H groups in total. The molecule has 0 aliphatic heterocycles. The van der Waals surface area contributed by atoms with E-state index in [9.17, 15) is 4.79 Å². The van der Waals surface area contributed by atoms with Gasteiger partial charge in [-0.05, 0) is 44.9 Å². The monoisotopic (exact) mass is 300 g/mol. The summed E-state index contributed by atoms with van der Waals surface area (Å²) in [6.07, 6.45) is 4.46. The van der Waals surface area contributed by atoms with E-state index in [0.717, 1.165) is 17.7 Å². The van der Waals surface area contributed by atoms with Crippen LogP contribution in [-0.4, -0.2) is 31.6 Å². The van der Waals surface area contributed by atoms with Crippen molar-refractivity contribution >= 4 is 5.91 Å². The summed E-state index contributed by atoms with van der Waals surface area (Å²) in [6.45, 7) is 9.34. The van der Waals surface area contributed by atoms with E-state index in [2.05, 4.69) is 23.9 Å². The maximum atomic E-state index is 13.0. The van der Waals surface area contributed by atoms with Crippen LogP contribution in [0.4, 0.5) is 0 Å². The standard InChI is InChI=1S/C17H24N4O/c1-5-14(4)20(12-15-8-7-9-18-11-15)17(22)16-10-13(3)19-21(16)6-2/h7-11,14H,5-6,12H2,1-4H3/t14-/m0/s1. The van der Waals surface area contributed by atoms with Gasteiger partial charge in [0.1, 0.15) is 5.69 Å². The minimum absolute atomic E-state index is 0.0284. The van der Waals surface area contributed by atoms with Crippen molar-refractivity contribution in [3.05, 3.63) is 47.5 Å². The van der Waals surface area contributed by atoms with Gasteiger partial charge in [0, 0.05) is 31.5 Å². The first-order chi connectivity index (χ1) is 10.6. The lowest BCUT2D eigenvalue weighted by Gasteiger charge is -2.28. The molecule has 0 aliphatic rings. The molecule has 0 spiro atoms. The number of hydrogen-bond donors (Lipinski definition) is 0. The summed E-state index contributed by atoms with van der Waals surface area (Å²) in [5.41, 5.74) is 2.57. The smallest absolute Gasteiger partial charge is 0.272 e. The first-order valence-electron chi connectivity index (χ1n) is 7.81. The minimum atomic E-state index is 0.0284. The summed E-state index contributed by atoms with van der Waals surface area (Å²) in [6, 6.07) is 5.92. The lowest BCUT2D eigenvalue weighted by Crippen LogP contribution is -2.38. The van der Waals surface area contributed by atoms with Crippen LogP contribution in [0.5, 0.6) is 0 Å². The average Bonchev–Trinajstić information content (AvgIpc) is 2.93. The van der Waals surface area contributed by atoms with Gasteiger partial charge in [0.2, 0.25) is 0 Å². The van der Waals surface area contributed by atoms with Gasteiger partial charge in [0.25, 0.3) is 5.91 Å². The van der Waals surface area contributed by atoms with Crippen LogP contribution >= 0.6 is 0 Å². The second kappa shape index (κ2) is 7.20. The normalized spacial score (nSPS) is 12.2. The Balaban J connectivity index is 2.30. The summed E-state index contributed by atoms with van der Waals surface area (Å²) >= 11 is 0. The molecular formula is C17H24N4O. The molecular weight excluding hydrogens is 276 g/mol. The number of nitrogens with zero attached hydrogens (tertiary/aromatic N) is 4. The molecule has 2 aromatic heterocycles. The van der Waals surface area contributed by atoms with Crippen molar-refractivity contribution in [3.8, 4) is 0 Å². The molecule has 0 aromatic carbocycles. The molecule has 0 saturated carbocycles. The van der Waals surface area contributed by atoms with Crippen molar-refractivity contribution in [2.75, 3.05) is 0 Å².